The minimum Gasteiger partial charge on any atom is -0.0854 e. The molecule has 1 aliphatic carbocycles. The molecule has 0 radical (unpaired) electrons. The highest BCUT2D eigenvalue weighted by molar-refractivity contribution is 5.22. The lowest BCUT2D eigenvalue weighted by Crippen LogP contribution is -2.18. The van der Waals surface area contributed by atoms with Gasteiger partial charge in [0.05, 0.1) is 0 Å². The zero-order valence-corrected chi connectivity index (χ0v) is 10.3. The molecule has 1 rings (SSSR count). The minimum absolute atomic E-state index is 0.379. The molecule has 2 unspecified atom stereocenters. The first-order valence-corrected chi connectivity index (χ1v) is 5.84. The summed E-state index contributed by atoms with van der Waals surface area (Å²) in [4.78, 5) is 0. The van der Waals surface area contributed by atoms with E-state index < -0.39 is 0 Å². The van der Waals surface area contributed by atoms with Gasteiger partial charge in [0.2, 0.25) is 0 Å². The lowest BCUT2D eigenvalue weighted by Gasteiger charge is -2.27. The summed E-state index contributed by atoms with van der Waals surface area (Å²) in [5.41, 5.74) is 1.93. The first-order valence-electron chi connectivity index (χ1n) is 5.84. The van der Waals surface area contributed by atoms with Crippen molar-refractivity contribution < 1.29 is 0 Å². The lowest BCUT2D eigenvalue weighted by molar-refractivity contribution is 0.350. The number of hydrogen-bond acceptors (Lipinski definition) is 0. The molecule has 0 heteroatoms. The van der Waals surface area contributed by atoms with E-state index in [1.807, 2.05) is 0 Å². The second-order valence-electron chi connectivity index (χ2n) is 5.22. The van der Waals surface area contributed by atoms with Crippen LogP contribution in [0.25, 0.3) is 0 Å². The first kappa shape index (κ1) is 11.6. The van der Waals surface area contributed by atoms with Crippen LogP contribution in [0.2, 0.25) is 0 Å². The molecule has 1 aliphatic rings. The maximum atomic E-state index is 2.43. The third-order valence-corrected chi connectivity index (χ3v) is 3.94. The zero-order valence-electron chi connectivity index (χ0n) is 10.3. The van der Waals surface area contributed by atoms with E-state index in [9.17, 15) is 0 Å². The van der Waals surface area contributed by atoms with Gasteiger partial charge in [0.15, 0.2) is 0 Å². The van der Waals surface area contributed by atoms with Crippen LogP contribution in [0.1, 0.15) is 47.5 Å². The predicted molar refractivity (Wildman–Crippen MR) is 64.2 cm³/mol. The van der Waals surface area contributed by atoms with Crippen molar-refractivity contribution in [3.8, 4) is 0 Å². The standard InChI is InChI=1S/C14H24/c1-6-11(2)7-9-13-10-8-12(3)14(13,4)5/h7-9,11,13H,6,10H2,1-5H3. The van der Waals surface area contributed by atoms with E-state index in [1.54, 1.807) is 5.57 Å². The van der Waals surface area contributed by atoms with E-state index in [-0.39, 0.29) is 0 Å². The molecule has 0 aliphatic heterocycles. The summed E-state index contributed by atoms with van der Waals surface area (Å²) in [5, 5.41) is 0. The van der Waals surface area contributed by atoms with Gasteiger partial charge >= 0.3 is 0 Å². The summed E-state index contributed by atoms with van der Waals surface area (Å²) in [6.45, 7) is 11.5. The van der Waals surface area contributed by atoms with Crippen molar-refractivity contribution in [1.29, 1.82) is 0 Å². The normalized spacial score (nSPS) is 28.1. The monoisotopic (exact) mass is 192 g/mol. The van der Waals surface area contributed by atoms with E-state index in [2.05, 4.69) is 52.8 Å². The highest BCUT2D eigenvalue weighted by Crippen LogP contribution is 2.43. The van der Waals surface area contributed by atoms with E-state index in [0.717, 1.165) is 11.8 Å². The summed E-state index contributed by atoms with van der Waals surface area (Å²) in [7, 11) is 0. The molecule has 0 spiro atoms. The fourth-order valence-corrected chi connectivity index (χ4v) is 1.93. The molecule has 0 nitrogen and oxygen atoms in total. The Balaban J connectivity index is 2.61. The van der Waals surface area contributed by atoms with Crippen LogP contribution in [0.4, 0.5) is 0 Å². The molecular formula is C14H24. The third-order valence-electron chi connectivity index (χ3n) is 3.94. The van der Waals surface area contributed by atoms with Gasteiger partial charge in [-0.05, 0) is 30.6 Å². The van der Waals surface area contributed by atoms with Gasteiger partial charge in [0.1, 0.15) is 0 Å². The fourth-order valence-electron chi connectivity index (χ4n) is 1.93. The van der Waals surface area contributed by atoms with Gasteiger partial charge in [-0.25, -0.2) is 0 Å². The number of allylic oxidation sites excluding steroid dienone is 4. The predicted octanol–water partition coefficient (Wildman–Crippen LogP) is 4.58. The van der Waals surface area contributed by atoms with E-state index >= 15 is 0 Å². The van der Waals surface area contributed by atoms with Gasteiger partial charge in [-0.2, -0.15) is 0 Å². The van der Waals surface area contributed by atoms with Gasteiger partial charge in [-0.1, -0.05) is 57.9 Å². The molecule has 0 aromatic carbocycles. The Bertz CT molecular complexity index is 243. The summed E-state index contributed by atoms with van der Waals surface area (Å²) in [5.74, 6) is 1.45. The first-order chi connectivity index (χ1) is 6.48. The maximum Gasteiger partial charge on any atom is -0.00817 e. The molecular weight excluding hydrogens is 168 g/mol. The van der Waals surface area contributed by atoms with Crippen LogP contribution in [0.15, 0.2) is 23.8 Å². The van der Waals surface area contributed by atoms with Crippen LogP contribution in [0, 0.1) is 17.3 Å². The van der Waals surface area contributed by atoms with Crippen molar-refractivity contribution >= 4 is 0 Å². The van der Waals surface area contributed by atoms with Gasteiger partial charge < -0.3 is 0 Å². The quantitative estimate of drug-likeness (QED) is 0.574. The van der Waals surface area contributed by atoms with Crippen molar-refractivity contribution in [2.75, 3.05) is 0 Å². The minimum atomic E-state index is 0.379. The van der Waals surface area contributed by atoms with Crippen molar-refractivity contribution in [3.05, 3.63) is 23.8 Å². The molecule has 0 saturated heterocycles. The van der Waals surface area contributed by atoms with Gasteiger partial charge in [-0.3, -0.25) is 0 Å². The van der Waals surface area contributed by atoms with E-state index in [1.165, 1.54) is 12.8 Å². The summed E-state index contributed by atoms with van der Waals surface area (Å²) < 4.78 is 0. The van der Waals surface area contributed by atoms with E-state index in [4.69, 9.17) is 0 Å². The second kappa shape index (κ2) is 4.33. The zero-order chi connectivity index (χ0) is 10.8. The van der Waals surface area contributed by atoms with Crippen LogP contribution in [-0.4, -0.2) is 0 Å². The van der Waals surface area contributed by atoms with Crippen molar-refractivity contribution in [1.82, 2.24) is 0 Å². The molecule has 80 valence electrons. The number of rotatable bonds is 3. The van der Waals surface area contributed by atoms with Crippen molar-refractivity contribution in [2.24, 2.45) is 17.3 Å². The molecule has 0 aromatic rings. The highest BCUT2D eigenvalue weighted by Gasteiger charge is 2.32. The smallest absolute Gasteiger partial charge is 0.00817 e. The van der Waals surface area contributed by atoms with Crippen LogP contribution in [0.3, 0.4) is 0 Å². The molecule has 0 N–H and O–H groups in total. The molecule has 0 bridgehead atoms. The summed E-state index contributed by atoms with van der Waals surface area (Å²) >= 11 is 0. The Kier molecular flexibility index (Phi) is 3.58. The Morgan fingerprint density at radius 3 is 2.64 bits per heavy atom. The topological polar surface area (TPSA) is 0 Å². The average molecular weight is 192 g/mol. The fraction of sp³-hybridized carbons (Fsp3) is 0.714. The molecule has 0 amide bonds. The largest absolute Gasteiger partial charge is 0.0854 e. The lowest BCUT2D eigenvalue weighted by atomic mass is 9.77. The average Bonchev–Trinajstić information content (AvgIpc) is 2.39. The van der Waals surface area contributed by atoms with Gasteiger partial charge in [0.25, 0.3) is 0 Å². The Morgan fingerprint density at radius 1 is 1.57 bits per heavy atom. The molecule has 0 fully saturated rings. The van der Waals surface area contributed by atoms with Crippen LogP contribution >= 0.6 is 0 Å². The highest BCUT2D eigenvalue weighted by atomic mass is 14.4. The molecule has 0 aromatic heterocycles. The Labute approximate surface area is 89.1 Å². The molecule has 2 atom stereocenters. The van der Waals surface area contributed by atoms with Crippen molar-refractivity contribution in [2.45, 2.75) is 47.5 Å². The van der Waals surface area contributed by atoms with E-state index in [0.29, 0.717) is 5.41 Å². The molecule has 0 heterocycles. The Morgan fingerprint density at radius 2 is 2.21 bits per heavy atom. The van der Waals surface area contributed by atoms with Gasteiger partial charge in [-0.15, -0.1) is 0 Å². The Hall–Kier alpha value is -0.520. The molecule has 14 heavy (non-hydrogen) atoms. The van der Waals surface area contributed by atoms with Crippen LogP contribution < -0.4 is 0 Å². The third kappa shape index (κ3) is 2.29. The van der Waals surface area contributed by atoms with Crippen LogP contribution in [-0.2, 0) is 0 Å². The SMILES string of the molecule is CCC(C)C=CC1CC=C(C)C1(C)C. The maximum absolute atomic E-state index is 2.43. The second-order valence-corrected chi connectivity index (χ2v) is 5.22. The summed E-state index contributed by atoms with van der Waals surface area (Å²) in [6, 6.07) is 0. The summed E-state index contributed by atoms with van der Waals surface area (Å²) in [6.07, 6.45) is 9.69. The number of hydrogen-bond donors (Lipinski definition) is 0. The van der Waals surface area contributed by atoms with Crippen molar-refractivity contribution in [3.63, 3.8) is 0 Å². The van der Waals surface area contributed by atoms with Crippen LogP contribution in [0.5, 0.6) is 0 Å². The van der Waals surface area contributed by atoms with Gasteiger partial charge in [0, 0.05) is 0 Å². The molecule has 0 saturated carbocycles.